The minimum Gasteiger partial charge on any atom is -0.497 e. The van der Waals surface area contributed by atoms with Crippen LogP contribution in [0.3, 0.4) is 0 Å². The molecule has 1 heterocycles. The molecule has 0 fully saturated rings. The monoisotopic (exact) mass is 391 g/mol. The first kappa shape index (κ1) is 20.4. The molecule has 1 aromatic heterocycles. The Hall–Kier alpha value is -3.89. The Morgan fingerprint density at radius 3 is 2.46 bits per heavy atom. The summed E-state index contributed by atoms with van der Waals surface area (Å²) in [6, 6.07) is 5.47. The fraction of sp³-hybridized carbons (Fsp3) is 0.235. The zero-order chi connectivity index (χ0) is 20.8. The standard InChI is InChI=1S/C17H17N3O8/c1-26-11-4-5-13(14(7-11)27-2)18-15(21)9-19-8-10(20(24)25)6-12(16(19)22)17(23)28-3/h4-8H,9H2,1-3H3,(H,18,21). The Labute approximate surface area is 158 Å². The molecule has 11 heteroatoms. The van der Waals surface area contributed by atoms with E-state index in [1.165, 1.54) is 20.3 Å². The van der Waals surface area contributed by atoms with Crippen LogP contribution in [0, 0.1) is 10.1 Å². The third-order valence-electron chi connectivity index (χ3n) is 3.68. The quantitative estimate of drug-likeness (QED) is 0.422. The van der Waals surface area contributed by atoms with Crippen molar-refractivity contribution >= 4 is 23.3 Å². The highest BCUT2D eigenvalue weighted by molar-refractivity contribution is 5.93. The lowest BCUT2D eigenvalue weighted by Crippen LogP contribution is -2.31. The molecule has 28 heavy (non-hydrogen) atoms. The van der Waals surface area contributed by atoms with E-state index in [0.29, 0.717) is 17.2 Å². The van der Waals surface area contributed by atoms with Crippen molar-refractivity contribution in [1.82, 2.24) is 4.57 Å². The zero-order valence-electron chi connectivity index (χ0n) is 15.3. The van der Waals surface area contributed by atoms with Gasteiger partial charge in [-0.1, -0.05) is 0 Å². The molecule has 0 aliphatic heterocycles. The first-order valence-corrected chi connectivity index (χ1v) is 7.79. The molecule has 1 N–H and O–H groups in total. The molecule has 2 aromatic rings. The minimum absolute atomic E-state index is 0.306. The Morgan fingerprint density at radius 1 is 1.18 bits per heavy atom. The number of hydrogen-bond donors (Lipinski definition) is 1. The number of amides is 1. The van der Waals surface area contributed by atoms with Crippen molar-refractivity contribution in [2.75, 3.05) is 26.6 Å². The molecule has 0 radical (unpaired) electrons. The largest absolute Gasteiger partial charge is 0.497 e. The van der Waals surface area contributed by atoms with E-state index in [1.54, 1.807) is 12.1 Å². The number of rotatable bonds is 7. The average Bonchev–Trinajstić information content (AvgIpc) is 2.68. The third-order valence-corrected chi connectivity index (χ3v) is 3.68. The molecule has 0 aliphatic rings. The van der Waals surface area contributed by atoms with Crippen molar-refractivity contribution in [3.8, 4) is 11.5 Å². The van der Waals surface area contributed by atoms with Gasteiger partial charge in [-0.2, -0.15) is 0 Å². The molecule has 0 unspecified atom stereocenters. The number of carbonyl (C=O) groups excluding carboxylic acids is 2. The maximum absolute atomic E-state index is 12.4. The SMILES string of the molecule is COC(=O)c1cc([N+](=O)[O-])cn(CC(=O)Nc2ccc(OC)cc2OC)c1=O. The summed E-state index contributed by atoms with van der Waals surface area (Å²) in [5, 5.41) is 13.6. The highest BCUT2D eigenvalue weighted by Gasteiger charge is 2.21. The summed E-state index contributed by atoms with van der Waals surface area (Å²) in [5.41, 5.74) is -1.67. The van der Waals surface area contributed by atoms with Gasteiger partial charge in [-0.25, -0.2) is 4.79 Å². The summed E-state index contributed by atoms with van der Waals surface area (Å²) in [5.74, 6) is -0.886. The van der Waals surface area contributed by atoms with Gasteiger partial charge in [0.25, 0.3) is 11.2 Å². The Bertz CT molecular complexity index is 983. The van der Waals surface area contributed by atoms with Gasteiger partial charge in [-0.3, -0.25) is 24.3 Å². The van der Waals surface area contributed by atoms with Gasteiger partial charge in [0.2, 0.25) is 5.91 Å². The van der Waals surface area contributed by atoms with Crippen LogP contribution in [0.15, 0.2) is 35.3 Å². The second-order valence-electron chi connectivity index (χ2n) is 5.41. The first-order chi connectivity index (χ1) is 13.3. The van der Waals surface area contributed by atoms with Gasteiger partial charge in [-0.05, 0) is 12.1 Å². The molecular weight excluding hydrogens is 374 g/mol. The predicted octanol–water partition coefficient (Wildman–Crippen LogP) is 1.20. The molecule has 0 saturated carbocycles. The van der Waals surface area contributed by atoms with E-state index < -0.39 is 40.2 Å². The summed E-state index contributed by atoms with van der Waals surface area (Å²) in [6.45, 7) is -0.570. The number of ether oxygens (including phenoxy) is 3. The van der Waals surface area contributed by atoms with Crippen LogP contribution in [0.5, 0.6) is 11.5 Å². The number of pyridine rings is 1. The maximum atomic E-state index is 12.4. The van der Waals surface area contributed by atoms with Gasteiger partial charge >= 0.3 is 5.97 Å². The Balaban J connectivity index is 2.33. The highest BCUT2D eigenvalue weighted by Crippen LogP contribution is 2.29. The fourth-order valence-corrected chi connectivity index (χ4v) is 2.34. The second kappa shape index (κ2) is 8.66. The van der Waals surface area contributed by atoms with Gasteiger partial charge in [0, 0.05) is 12.1 Å². The lowest BCUT2D eigenvalue weighted by molar-refractivity contribution is -0.385. The number of anilines is 1. The Kier molecular flexibility index (Phi) is 6.32. The number of benzene rings is 1. The molecule has 0 aliphatic carbocycles. The predicted molar refractivity (Wildman–Crippen MR) is 96.9 cm³/mol. The summed E-state index contributed by atoms with van der Waals surface area (Å²) < 4.78 is 15.4. The van der Waals surface area contributed by atoms with E-state index in [0.717, 1.165) is 23.9 Å². The Morgan fingerprint density at radius 2 is 1.89 bits per heavy atom. The van der Waals surface area contributed by atoms with E-state index in [-0.39, 0.29) is 0 Å². The topological polar surface area (TPSA) is 139 Å². The summed E-state index contributed by atoms with van der Waals surface area (Å²) in [4.78, 5) is 46.7. The number of methoxy groups -OCH3 is 3. The number of nitrogens with zero attached hydrogens (tertiary/aromatic N) is 2. The molecule has 148 valence electrons. The summed E-state index contributed by atoms with van der Waals surface area (Å²) in [7, 11) is 3.91. The van der Waals surface area contributed by atoms with Gasteiger partial charge in [0.05, 0.1) is 38.1 Å². The van der Waals surface area contributed by atoms with Crippen molar-refractivity contribution < 1.29 is 28.7 Å². The number of nitrogens with one attached hydrogen (secondary N) is 1. The van der Waals surface area contributed by atoms with Crippen molar-refractivity contribution in [3.63, 3.8) is 0 Å². The molecule has 1 aromatic carbocycles. The lowest BCUT2D eigenvalue weighted by Gasteiger charge is -2.12. The summed E-state index contributed by atoms with van der Waals surface area (Å²) in [6.07, 6.45) is 0.875. The molecule has 1 amide bonds. The minimum atomic E-state index is -1.04. The normalized spacial score (nSPS) is 10.1. The highest BCUT2D eigenvalue weighted by atomic mass is 16.6. The van der Waals surface area contributed by atoms with Crippen LogP contribution in [0.2, 0.25) is 0 Å². The van der Waals surface area contributed by atoms with Crippen LogP contribution in [0.1, 0.15) is 10.4 Å². The average molecular weight is 391 g/mol. The number of nitro groups is 1. The zero-order valence-corrected chi connectivity index (χ0v) is 15.3. The molecule has 11 nitrogen and oxygen atoms in total. The van der Waals surface area contributed by atoms with Crippen LogP contribution >= 0.6 is 0 Å². The smallest absolute Gasteiger partial charge is 0.343 e. The number of esters is 1. The molecule has 0 bridgehead atoms. The molecule has 0 saturated heterocycles. The van der Waals surface area contributed by atoms with Crippen molar-refractivity contribution in [3.05, 3.63) is 56.5 Å². The van der Waals surface area contributed by atoms with E-state index in [1.807, 2.05) is 0 Å². The van der Waals surface area contributed by atoms with Crippen molar-refractivity contribution in [2.45, 2.75) is 6.54 Å². The first-order valence-electron chi connectivity index (χ1n) is 7.79. The van der Waals surface area contributed by atoms with Crippen LogP contribution in [-0.4, -0.2) is 42.7 Å². The second-order valence-corrected chi connectivity index (χ2v) is 5.41. The molecule has 2 rings (SSSR count). The van der Waals surface area contributed by atoms with Crippen molar-refractivity contribution in [1.29, 1.82) is 0 Å². The van der Waals surface area contributed by atoms with Crippen LogP contribution in [0.25, 0.3) is 0 Å². The van der Waals surface area contributed by atoms with Gasteiger partial charge in [0.1, 0.15) is 23.6 Å². The van der Waals surface area contributed by atoms with E-state index >= 15 is 0 Å². The van der Waals surface area contributed by atoms with Crippen LogP contribution in [0.4, 0.5) is 11.4 Å². The summed E-state index contributed by atoms with van der Waals surface area (Å²) >= 11 is 0. The van der Waals surface area contributed by atoms with Gasteiger partial charge in [-0.15, -0.1) is 0 Å². The molecular formula is C17H17N3O8. The molecule has 0 atom stereocenters. The van der Waals surface area contributed by atoms with Crippen LogP contribution < -0.4 is 20.3 Å². The lowest BCUT2D eigenvalue weighted by atomic mass is 10.2. The van der Waals surface area contributed by atoms with E-state index in [2.05, 4.69) is 10.1 Å². The third kappa shape index (κ3) is 4.44. The molecule has 0 spiro atoms. The fourth-order valence-electron chi connectivity index (χ4n) is 2.34. The van der Waals surface area contributed by atoms with Crippen molar-refractivity contribution in [2.24, 2.45) is 0 Å². The number of aromatic nitrogens is 1. The van der Waals surface area contributed by atoms with E-state index in [9.17, 15) is 24.5 Å². The maximum Gasteiger partial charge on any atom is 0.343 e. The van der Waals surface area contributed by atoms with E-state index in [4.69, 9.17) is 9.47 Å². The van der Waals surface area contributed by atoms with Gasteiger partial charge in [0.15, 0.2) is 0 Å². The number of hydrogen-bond acceptors (Lipinski definition) is 8. The number of carbonyl (C=O) groups is 2. The van der Waals surface area contributed by atoms with Gasteiger partial charge < -0.3 is 19.5 Å². The van der Waals surface area contributed by atoms with Crippen LogP contribution in [-0.2, 0) is 16.1 Å².